The van der Waals surface area contributed by atoms with Crippen LogP contribution in [0.1, 0.15) is 0 Å². The molecule has 0 saturated carbocycles. The normalized spacial score (nSPS) is 8.47. The minimum absolute atomic E-state index is 0. The number of nitrogens with zero attached hydrogens (tertiary/aromatic N) is 2. The van der Waals surface area contributed by atoms with E-state index < -0.39 is 0 Å². The van der Waals surface area contributed by atoms with Crippen LogP contribution < -0.4 is 0 Å². The van der Waals surface area contributed by atoms with Crippen LogP contribution >= 0.6 is 24.4 Å². The van der Waals surface area contributed by atoms with E-state index in [0.29, 0.717) is 9.28 Å². The molecule has 0 aliphatic carbocycles. The average Bonchev–Trinajstić information content (AvgIpc) is 2.28. The number of pyridine rings is 2. The summed E-state index contributed by atoms with van der Waals surface area (Å²) >= 11 is 9.33. The van der Waals surface area contributed by atoms with Gasteiger partial charge in [0.15, 0.2) is 0 Å². The van der Waals surface area contributed by atoms with Crippen molar-refractivity contribution in [1.82, 2.24) is 9.46 Å². The summed E-state index contributed by atoms with van der Waals surface area (Å²) < 4.78 is 2.64. The summed E-state index contributed by atoms with van der Waals surface area (Å²) in [6.07, 6.45) is 2.98. The van der Waals surface area contributed by atoms with E-state index in [2.05, 4.69) is 24.4 Å². The molecule has 0 fully saturated rings. The fourth-order valence-electron chi connectivity index (χ4n) is 0.838. The van der Waals surface area contributed by atoms with Gasteiger partial charge in [0.1, 0.15) is 9.28 Å². The Hall–Kier alpha value is -0.660. The second kappa shape index (κ2) is 8.43. The molecule has 7 heteroatoms. The zero-order valence-corrected chi connectivity index (χ0v) is 12.9. The third-order valence-corrected chi connectivity index (χ3v) is 2.25. The van der Waals surface area contributed by atoms with Crippen LogP contribution in [-0.2, 0) is 0 Å². The molecule has 0 unspecified atom stereocenters. The molecule has 0 bridgehead atoms. The Labute approximate surface area is 131 Å². The van der Waals surface area contributed by atoms with Gasteiger partial charge in [0, 0.05) is 42.0 Å². The summed E-state index contributed by atoms with van der Waals surface area (Å²) in [6, 6.07) is 10.3. The Balaban J connectivity index is 0.000000284. The third kappa shape index (κ3) is 5.99. The van der Waals surface area contributed by atoms with Crippen molar-refractivity contribution in [3.8, 4) is 0 Å². The van der Waals surface area contributed by atoms with Crippen molar-refractivity contribution in [3.05, 3.63) is 58.1 Å². The Bertz CT molecular complexity index is 517. The standard InChI is InChI=1S/2C5H5NOS.Na/c2*7-6-4-2-1-3-5(6)8;/h2*1-4,7H;. The molecule has 0 amide bonds. The second-order valence-electron chi connectivity index (χ2n) is 2.77. The van der Waals surface area contributed by atoms with E-state index in [1.54, 1.807) is 36.4 Å². The first-order chi connectivity index (χ1) is 7.61. The third-order valence-electron chi connectivity index (χ3n) is 1.61. The molecule has 4 nitrogen and oxygen atoms in total. The van der Waals surface area contributed by atoms with Crippen LogP contribution in [0.3, 0.4) is 0 Å². The predicted molar refractivity (Wildman–Crippen MR) is 70.7 cm³/mol. The number of hydrogen-bond donors (Lipinski definition) is 2. The first-order valence-electron chi connectivity index (χ1n) is 4.35. The maximum atomic E-state index is 8.73. The minimum Gasteiger partial charge on any atom is -0.428 e. The van der Waals surface area contributed by atoms with Crippen LogP contribution in [0.5, 0.6) is 0 Å². The average molecular weight is 277 g/mol. The van der Waals surface area contributed by atoms with Gasteiger partial charge in [0.2, 0.25) is 0 Å². The zero-order valence-electron chi connectivity index (χ0n) is 9.22. The molecule has 0 aliphatic rings. The van der Waals surface area contributed by atoms with Gasteiger partial charge in [0.25, 0.3) is 0 Å². The van der Waals surface area contributed by atoms with Gasteiger partial charge in [-0.25, -0.2) is 0 Å². The molecule has 0 spiro atoms. The Kier molecular flexibility index (Phi) is 8.11. The Morgan fingerprint density at radius 2 is 1.12 bits per heavy atom. The summed E-state index contributed by atoms with van der Waals surface area (Å²) in [4.78, 5) is 0. The van der Waals surface area contributed by atoms with Crippen molar-refractivity contribution in [3.63, 3.8) is 0 Å². The summed E-state index contributed by atoms with van der Waals surface area (Å²) in [5.41, 5.74) is 0. The van der Waals surface area contributed by atoms with E-state index in [0.717, 1.165) is 9.46 Å². The van der Waals surface area contributed by atoms with Gasteiger partial charge in [-0.05, 0) is 24.3 Å². The molecular weight excluding hydrogens is 267 g/mol. The summed E-state index contributed by atoms with van der Waals surface area (Å²) in [5, 5.41) is 17.5. The van der Waals surface area contributed by atoms with Crippen LogP contribution in [0.25, 0.3) is 0 Å². The molecule has 2 rings (SSSR count). The summed E-state index contributed by atoms with van der Waals surface area (Å²) in [7, 11) is 0. The van der Waals surface area contributed by atoms with E-state index in [9.17, 15) is 0 Å². The van der Waals surface area contributed by atoms with E-state index in [1.807, 2.05) is 0 Å². The Morgan fingerprint density at radius 1 is 0.765 bits per heavy atom. The van der Waals surface area contributed by atoms with Gasteiger partial charge in [-0.15, -0.1) is 0 Å². The number of rotatable bonds is 0. The van der Waals surface area contributed by atoms with Crippen LogP contribution in [0, 0.1) is 9.28 Å². The molecule has 0 atom stereocenters. The maximum absolute atomic E-state index is 8.73. The van der Waals surface area contributed by atoms with E-state index in [1.165, 1.54) is 12.4 Å². The van der Waals surface area contributed by atoms with Crippen molar-refractivity contribution < 1.29 is 10.4 Å². The zero-order chi connectivity index (χ0) is 12.0. The van der Waals surface area contributed by atoms with Crippen molar-refractivity contribution in [2.75, 3.05) is 0 Å². The molecule has 0 aromatic carbocycles. The maximum Gasteiger partial charge on any atom is 0.142 e. The quantitative estimate of drug-likeness (QED) is 0.441. The molecule has 2 N–H and O–H groups in total. The van der Waals surface area contributed by atoms with Gasteiger partial charge in [-0.2, -0.15) is 9.46 Å². The first-order valence-corrected chi connectivity index (χ1v) is 5.17. The second-order valence-corrected chi connectivity index (χ2v) is 3.60. The van der Waals surface area contributed by atoms with E-state index in [-0.39, 0.29) is 29.6 Å². The molecule has 17 heavy (non-hydrogen) atoms. The molecule has 2 heterocycles. The van der Waals surface area contributed by atoms with E-state index in [4.69, 9.17) is 10.4 Å². The molecular formula is C10H10N2NaO2S2. The molecule has 2 aromatic rings. The molecule has 85 valence electrons. The molecule has 0 saturated heterocycles. The van der Waals surface area contributed by atoms with Gasteiger partial charge in [-0.1, -0.05) is 36.6 Å². The van der Waals surface area contributed by atoms with Crippen LogP contribution in [0.15, 0.2) is 48.8 Å². The van der Waals surface area contributed by atoms with Crippen molar-refractivity contribution in [1.29, 1.82) is 0 Å². The van der Waals surface area contributed by atoms with Crippen LogP contribution in [0.2, 0.25) is 0 Å². The predicted octanol–water partition coefficient (Wildman–Crippen LogP) is 2.53. The topological polar surface area (TPSA) is 50.3 Å². The fraction of sp³-hybridized carbons (Fsp3) is 0. The molecule has 0 aliphatic heterocycles. The van der Waals surface area contributed by atoms with Gasteiger partial charge in [0.05, 0.1) is 0 Å². The van der Waals surface area contributed by atoms with Crippen molar-refractivity contribution in [2.24, 2.45) is 0 Å². The first kappa shape index (κ1) is 16.3. The van der Waals surface area contributed by atoms with Crippen molar-refractivity contribution in [2.45, 2.75) is 0 Å². The smallest absolute Gasteiger partial charge is 0.142 e. The van der Waals surface area contributed by atoms with Gasteiger partial charge < -0.3 is 10.4 Å². The van der Waals surface area contributed by atoms with Gasteiger partial charge in [-0.3, -0.25) is 0 Å². The van der Waals surface area contributed by atoms with Gasteiger partial charge >= 0.3 is 0 Å². The van der Waals surface area contributed by atoms with Crippen LogP contribution in [-0.4, -0.2) is 49.4 Å². The largest absolute Gasteiger partial charge is 0.428 e. The summed E-state index contributed by atoms with van der Waals surface area (Å²) in [5.74, 6) is 0. The van der Waals surface area contributed by atoms with E-state index >= 15 is 0 Å². The SMILES string of the molecule is On1ccccc1=S.On1ccccc1=S.[Na]. The monoisotopic (exact) mass is 277 g/mol. The summed E-state index contributed by atoms with van der Waals surface area (Å²) in [6.45, 7) is 0. The van der Waals surface area contributed by atoms with Crippen LogP contribution in [0.4, 0.5) is 0 Å². The molecule has 1 radical (unpaired) electrons. The Morgan fingerprint density at radius 3 is 1.29 bits per heavy atom. The fourth-order valence-corrected chi connectivity index (χ4v) is 1.12. The number of hydrogen-bond acceptors (Lipinski definition) is 4. The minimum atomic E-state index is 0. The number of aromatic nitrogens is 2. The molecule has 2 aromatic heterocycles. The van der Waals surface area contributed by atoms with Crippen molar-refractivity contribution >= 4 is 54.0 Å².